The largest absolute Gasteiger partial charge is 0.350 e. The third-order valence-electron chi connectivity index (χ3n) is 2.17. The number of para-hydroxylation sites is 2. The van der Waals surface area contributed by atoms with Crippen LogP contribution in [0.3, 0.4) is 0 Å². The van der Waals surface area contributed by atoms with Crippen molar-refractivity contribution in [3.05, 3.63) is 60.7 Å². The van der Waals surface area contributed by atoms with Crippen LogP contribution in [0.25, 0.3) is 0 Å². The number of anilines is 2. The van der Waals surface area contributed by atoms with Crippen molar-refractivity contribution in [2.45, 2.75) is 0 Å². The summed E-state index contributed by atoms with van der Waals surface area (Å²) in [6.45, 7) is 0. The standard InChI is InChI=1S/C13H12N2O.CH4N2O2/c16-13(14-11-7-3-1-4-8-11)15-12-9-5-2-6-10-12;2-1(4)3-5/h1-10H,(H2,14,15,16);5H,(H3,2,3,4). The molecule has 0 aromatic heterocycles. The van der Waals surface area contributed by atoms with Gasteiger partial charge in [-0.1, -0.05) is 36.4 Å². The lowest BCUT2D eigenvalue weighted by Crippen LogP contribution is -2.25. The zero-order chi connectivity index (χ0) is 15.5. The summed E-state index contributed by atoms with van der Waals surface area (Å²) in [5, 5.41) is 12.9. The van der Waals surface area contributed by atoms with Crippen LogP contribution in [0.1, 0.15) is 0 Å². The number of hydrogen-bond acceptors (Lipinski definition) is 3. The normalized spacial score (nSPS) is 8.81. The molecule has 7 heteroatoms. The van der Waals surface area contributed by atoms with E-state index in [4.69, 9.17) is 5.21 Å². The third kappa shape index (κ3) is 7.19. The van der Waals surface area contributed by atoms with Gasteiger partial charge in [0, 0.05) is 11.4 Å². The van der Waals surface area contributed by atoms with Gasteiger partial charge < -0.3 is 16.4 Å². The number of hydrogen-bond donors (Lipinski definition) is 5. The SMILES string of the molecule is NC(=O)NO.O=C(Nc1ccccc1)Nc1ccccc1. The van der Waals surface area contributed by atoms with Crippen LogP contribution in [0.5, 0.6) is 0 Å². The highest BCUT2D eigenvalue weighted by molar-refractivity contribution is 5.99. The summed E-state index contributed by atoms with van der Waals surface area (Å²) in [6.07, 6.45) is 0. The van der Waals surface area contributed by atoms with E-state index in [2.05, 4.69) is 16.4 Å². The van der Waals surface area contributed by atoms with Gasteiger partial charge >= 0.3 is 12.1 Å². The van der Waals surface area contributed by atoms with Gasteiger partial charge in [-0.2, -0.15) is 0 Å². The van der Waals surface area contributed by atoms with Crippen molar-refractivity contribution in [1.82, 2.24) is 5.48 Å². The number of hydroxylamine groups is 1. The van der Waals surface area contributed by atoms with Gasteiger partial charge in [-0.25, -0.2) is 15.1 Å². The Hall–Kier alpha value is -3.06. The van der Waals surface area contributed by atoms with E-state index in [-0.39, 0.29) is 6.03 Å². The first-order valence-corrected chi connectivity index (χ1v) is 5.99. The van der Waals surface area contributed by atoms with Crippen molar-refractivity contribution >= 4 is 23.4 Å². The van der Waals surface area contributed by atoms with Crippen LogP contribution in [0.15, 0.2) is 60.7 Å². The molecule has 0 aliphatic carbocycles. The van der Waals surface area contributed by atoms with E-state index in [1.807, 2.05) is 60.7 Å². The van der Waals surface area contributed by atoms with Gasteiger partial charge in [0.25, 0.3) is 0 Å². The summed E-state index contributed by atoms with van der Waals surface area (Å²) in [4.78, 5) is 20.8. The van der Waals surface area contributed by atoms with Crippen molar-refractivity contribution in [2.24, 2.45) is 5.73 Å². The maximum atomic E-state index is 11.6. The number of nitrogens with one attached hydrogen (secondary N) is 3. The van der Waals surface area contributed by atoms with Crippen molar-refractivity contribution in [3.63, 3.8) is 0 Å². The van der Waals surface area contributed by atoms with Crippen LogP contribution in [-0.4, -0.2) is 17.3 Å². The van der Waals surface area contributed by atoms with Crippen LogP contribution in [0.4, 0.5) is 21.0 Å². The highest BCUT2D eigenvalue weighted by atomic mass is 16.5. The Morgan fingerprint density at radius 3 is 1.43 bits per heavy atom. The summed E-state index contributed by atoms with van der Waals surface area (Å²) in [7, 11) is 0. The summed E-state index contributed by atoms with van der Waals surface area (Å²) < 4.78 is 0. The number of carbonyl (C=O) groups is 2. The average molecular weight is 288 g/mol. The molecule has 2 aromatic carbocycles. The zero-order valence-corrected chi connectivity index (χ0v) is 11.1. The number of urea groups is 2. The molecule has 0 bridgehead atoms. The molecule has 2 aromatic rings. The predicted molar refractivity (Wildman–Crippen MR) is 80.0 cm³/mol. The molecule has 0 spiro atoms. The molecule has 21 heavy (non-hydrogen) atoms. The highest BCUT2D eigenvalue weighted by Gasteiger charge is 2.00. The molecule has 4 amide bonds. The fraction of sp³-hybridized carbons (Fsp3) is 0. The van der Waals surface area contributed by atoms with E-state index in [0.717, 1.165) is 11.4 Å². The Morgan fingerprint density at radius 2 is 1.14 bits per heavy atom. The predicted octanol–water partition coefficient (Wildman–Crippen LogP) is 2.37. The lowest BCUT2D eigenvalue weighted by atomic mass is 10.3. The molecule has 0 atom stereocenters. The van der Waals surface area contributed by atoms with Crippen LogP contribution < -0.4 is 21.8 Å². The smallest absolute Gasteiger partial charge is 0.335 e. The summed E-state index contributed by atoms with van der Waals surface area (Å²) in [6, 6.07) is 17.5. The molecule has 0 fully saturated rings. The molecule has 110 valence electrons. The molecule has 0 aliphatic rings. The molecule has 0 unspecified atom stereocenters. The number of nitrogens with two attached hydrogens (primary N) is 1. The molecule has 0 saturated heterocycles. The molecular weight excluding hydrogens is 272 g/mol. The minimum absolute atomic E-state index is 0.239. The fourth-order valence-electron chi connectivity index (χ4n) is 1.34. The van der Waals surface area contributed by atoms with Crippen LogP contribution in [0.2, 0.25) is 0 Å². The van der Waals surface area contributed by atoms with Crippen molar-refractivity contribution in [1.29, 1.82) is 0 Å². The van der Waals surface area contributed by atoms with Gasteiger partial charge in [0.05, 0.1) is 0 Å². The highest BCUT2D eigenvalue weighted by Crippen LogP contribution is 2.08. The molecule has 6 N–H and O–H groups in total. The van der Waals surface area contributed by atoms with Gasteiger partial charge in [0.1, 0.15) is 0 Å². The van der Waals surface area contributed by atoms with Crippen LogP contribution in [0, 0.1) is 0 Å². The first-order chi connectivity index (χ1) is 10.1. The summed E-state index contributed by atoms with van der Waals surface area (Å²) in [5.74, 6) is 0. The van der Waals surface area contributed by atoms with Gasteiger partial charge in [-0.15, -0.1) is 0 Å². The summed E-state index contributed by atoms with van der Waals surface area (Å²) in [5.41, 5.74) is 7.01. The van der Waals surface area contributed by atoms with E-state index in [1.165, 1.54) is 5.48 Å². The maximum Gasteiger partial charge on any atom is 0.335 e. The van der Waals surface area contributed by atoms with E-state index in [1.54, 1.807) is 0 Å². The molecular formula is C14H16N4O3. The Labute approximate surface area is 121 Å². The van der Waals surface area contributed by atoms with E-state index in [0.29, 0.717) is 0 Å². The number of rotatable bonds is 2. The Balaban J connectivity index is 0.000000383. The third-order valence-corrected chi connectivity index (χ3v) is 2.17. The van der Waals surface area contributed by atoms with Gasteiger partial charge in [0.2, 0.25) is 0 Å². The zero-order valence-electron chi connectivity index (χ0n) is 11.1. The lowest BCUT2D eigenvalue weighted by molar-refractivity contribution is 0.169. The Kier molecular flexibility index (Phi) is 6.81. The minimum Gasteiger partial charge on any atom is -0.350 e. The molecule has 0 radical (unpaired) electrons. The first-order valence-electron chi connectivity index (χ1n) is 5.99. The number of benzene rings is 2. The first kappa shape index (κ1) is 16.0. The second kappa shape index (κ2) is 8.94. The molecule has 2 rings (SSSR count). The van der Waals surface area contributed by atoms with Crippen LogP contribution >= 0.6 is 0 Å². The topological polar surface area (TPSA) is 116 Å². The van der Waals surface area contributed by atoms with Gasteiger partial charge in [-0.05, 0) is 24.3 Å². The van der Waals surface area contributed by atoms with Crippen LogP contribution in [-0.2, 0) is 0 Å². The second-order valence-electron chi connectivity index (χ2n) is 3.79. The van der Waals surface area contributed by atoms with E-state index >= 15 is 0 Å². The minimum atomic E-state index is -0.940. The second-order valence-corrected chi connectivity index (χ2v) is 3.79. The van der Waals surface area contributed by atoms with Crippen molar-refractivity contribution < 1.29 is 14.8 Å². The number of carbonyl (C=O) groups excluding carboxylic acids is 2. The molecule has 7 nitrogen and oxygen atoms in total. The number of primary amides is 1. The quantitative estimate of drug-likeness (QED) is 0.431. The average Bonchev–Trinajstić information content (AvgIpc) is 2.49. The molecule has 0 heterocycles. The monoisotopic (exact) mass is 288 g/mol. The van der Waals surface area contributed by atoms with E-state index in [9.17, 15) is 9.59 Å². The fourth-order valence-corrected chi connectivity index (χ4v) is 1.34. The van der Waals surface area contributed by atoms with Crippen molar-refractivity contribution in [3.8, 4) is 0 Å². The maximum absolute atomic E-state index is 11.6. The Bertz CT molecular complexity index is 517. The van der Waals surface area contributed by atoms with Crippen molar-refractivity contribution in [2.75, 3.05) is 10.6 Å². The molecule has 0 aliphatic heterocycles. The lowest BCUT2D eigenvalue weighted by Gasteiger charge is -2.06. The number of amides is 4. The molecule has 0 saturated carbocycles. The summed E-state index contributed by atoms with van der Waals surface area (Å²) >= 11 is 0. The van der Waals surface area contributed by atoms with Gasteiger partial charge in [0.15, 0.2) is 0 Å². The Morgan fingerprint density at radius 1 is 0.810 bits per heavy atom. The van der Waals surface area contributed by atoms with E-state index < -0.39 is 6.03 Å². The van der Waals surface area contributed by atoms with Gasteiger partial charge in [-0.3, -0.25) is 5.21 Å².